The topological polar surface area (TPSA) is 66.4 Å². The van der Waals surface area contributed by atoms with E-state index in [0.717, 1.165) is 32.1 Å². The highest BCUT2D eigenvalue weighted by atomic mass is 35.5. The molecule has 2 N–H and O–H groups in total. The van der Waals surface area contributed by atoms with Crippen molar-refractivity contribution in [2.75, 3.05) is 5.32 Å². The molecule has 1 aliphatic rings. The Morgan fingerprint density at radius 1 is 1.35 bits per heavy atom. The van der Waals surface area contributed by atoms with Gasteiger partial charge in [0.05, 0.1) is 10.6 Å². The summed E-state index contributed by atoms with van der Waals surface area (Å²) in [5, 5.41) is 11.9. The lowest BCUT2D eigenvalue weighted by Crippen LogP contribution is -2.33. The summed E-state index contributed by atoms with van der Waals surface area (Å²) in [7, 11) is 0. The third kappa shape index (κ3) is 2.80. The minimum Gasteiger partial charge on any atom is -0.478 e. The van der Waals surface area contributed by atoms with E-state index >= 15 is 0 Å². The second-order valence-electron chi connectivity index (χ2n) is 5.29. The number of anilines is 1. The van der Waals surface area contributed by atoms with Gasteiger partial charge in [0.25, 0.3) is 0 Å². The Balaban J connectivity index is 2.16. The van der Waals surface area contributed by atoms with Crippen LogP contribution in [0.1, 0.15) is 49.4 Å². The highest BCUT2D eigenvalue weighted by molar-refractivity contribution is 6.33. The molecule has 1 aliphatic carbocycles. The van der Waals surface area contributed by atoms with Crippen molar-refractivity contribution in [2.45, 2.75) is 39.0 Å². The number of carboxylic acid groups (broad SMARTS) is 1. The van der Waals surface area contributed by atoms with E-state index in [1.165, 1.54) is 12.1 Å². The SMILES string of the molecule is CCC1(C(=O)Nc2ccc(C(=O)O)c(Cl)c2)CCCC1. The molecule has 0 aliphatic heterocycles. The standard InChI is InChI=1S/C15H18ClNO3/c1-2-15(7-3-4-8-15)14(20)17-10-5-6-11(13(18)19)12(16)9-10/h5-6,9H,2-4,7-8H2,1H3,(H,17,20)(H,18,19). The molecule has 1 saturated carbocycles. The van der Waals surface area contributed by atoms with Crippen LogP contribution in [-0.4, -0.2) is 17.0 Å². The van der Waals surface area contributed by atoms with Crippen molar-refractivity contribution in [2.24, 2.45) is 5.41 Å². The summed E-state index contributed by atoms with van der Waals surface area (Å²) in [5.41, 5.74) is 0.304. The minimum absolute atomic E-state index is 0.0108. The molecule has 20 heavy (non-hydrogen) atoms. The molecule has 2 rings (SSSR count). The van der Waals surface area contributed by atoms with Gasteiger partial charge in [0.15, 0.2) is 0 Å². The summed E-state index contributed by atoms with van der Waals surface area (Å²) in [6, 6.07) is 4.47. The number of nitrogens with one attached hydrogen (secondary N) is 1. The number of carbonyl (C=O) groups is 2. The number of aromatic carboxylic acids is 1. The summed E-state index contributed by atoms with van der Waals surface area (Å²) in [6.07, 6.45) is 4.81. The highest BCUT2D eigenvalue weighted by Gasteiger charge is 2.39. The molecule has 1 aromatic rings. The van der Waals surface area contributed by atoms with Gasteiger partial charge in [-0.2, -0.15) is 0 Å². The molecular weight excluding hydrogens is 278 g/mol. The molecule has 4 nitrogen and oxygen atoms in total. The first-order chi connectivity index (χ1) is 9.48. The Morgan fingerprint density at radius 3 is 2.50 bits per heavy atom. The smallest absolute Gasteiger partial charge is 0.337 e. The van der Waals surface area contributed by atoms with Crippen LogP contribution in [0.15, 0.2) is 18.2 Å². The zero-order valence-electron chi connectivity index (χ0n) is 11.4. The molecule has 5 heteroatoms. The number of amides is 1. The first kappa shape index (κ1) is 14.9. The molecule has 1 fully saturated rings. The lowest BCUT2D eigenvalue weighted by atomic mass is 9.82. The van der Waals surface area contributed by atoms with Gasteiger partial charge in [-0.3, -0.25) is 4.79 Å². The van der Waals surface area contributed by atoms with Crippen molar-refractivity contribution in [1.29, 1.82) is 0 Å². The van der Waals surface area contributed by atoms with Gasteiger partial charge in [0.1, 0.15) is 0 Å². The molecular formula is C15H18ClNO3. The fraction of sp³-hybridized carbons (Fsp3) is 0.467. The van der Waals surface area contributed by atoms with Crippen LogP contribution in [0.2, 0.25) is 5.02 Å². The van der Waals surface area contributed by atoms with Crippen molar-refractivity contribution in [3.63, 3.8) is 0 Å². The van der Waals surface area contributed by atoms with Gasteiger partial charge in [0, 0.05) is 11.1 Å². The fourth-order valence-corrected chi connectivity index (χ4v) is 3.08. The molecule has 0 bridgehead atoms. The van der Waals surface area contributed by atoms with E-state index in [1.54, 1.807) is 6.07 Å². The summed E-state index contributed by atoms with van der Waals surface area (Å²) in [6.45, 7) is 2.03. The summed E-state index contributed by atoms with van der Waals surface area (Å²) in [5.74, 6) is -1.06. The van der Waals surface area contributed by atoms with E-state index in [9.17, 15) is 9.59 Å². The molecule has 0 spiro atoms. The lowest BCUT2D eigenvalue weighted by Gasteiger charge is -2.26. The first-order valence-corrected chi connectivity index (χ1v) is 7.20. The zero-order chi connectivity index (χ0) is 14.8. The summed E-state index contributed by atoms with van der Waals surface area (Å²) >= 11 is 5.90. The molecule has 0 atom stereocenters. The first-order valence-electron chi connectivity index (χ1n) is 6.83. The van der Waals surface area contributed by atoms with Crippen LogP contribution in [0.5, 0.6) is 0 Å². The Labute approximate surface area is 123 Å². The van der Waals surface area contributed by atoms with Crippen LogP contribution in [0.3, 0.4) is 0 Å². The van der Waals surface area contributed by atoms with Gasteiger partial charge in [-0.25, -0.2) is 4.79 Å². The Hall–Kier alpha value is -1.55. The summed E-state index contributed by atoms with van der Waals surface area (Å²) in [4.78, 5) is 23.3. The normalized spacial score (nSPS) is 16.9. The Morgan fingerprint density at radius 2 is 2.00 bits per heavy atom. The average molecular weight is 296 g/mol. The predicted octanol–water partition coefficient (Wildman–Crippen LogP) is 3.95. The van der Waals surface area contributed by atoms with Gasteiger partial charge >= 0.3 is 5.97 Å². The van der Waals surface area contributed by atoms with Crippen LogP contribution in [-0.2, 0) is 4.79 Å². The van der Waals surface area contributed by atoms with Gasteiger partial charge in [-0.05, 0) is 37.5 Å². The number of hydrogen-bond donors (Lipinski definition) is 2. The van der Waals surface area contributed by atoms with Gasteiger partial charge in [0.2, 0.25) is 5.91 Å². The number of carboxylic acids is 1. The molecule has 0 saturated heterocycles. The molecule has 0 heterocycles. The number of hydrogen-bond acceptors (Lipinski definition) is 2. The van der Waals surface area contributed by atoms with E-state index < -0.39 is 5.97 Å². The van der Waals surface area contributed by atoms with Gasteiger partial charge < -0.3 is 10.4 Å². The third-order valence-corrected chi connectivity index (χ3v) is 4.49. The van der Waals surface area contributed by atoms with Crippen molar-refractivity contribution in [1.82, 2.24) is 0 Å². The number of halogens is 1. The molecule has 0 radical (unpaired) electrons. The van der Waals surface area contributed by atoms with Crippen molar-refractivity contribution in [3.05, 3.63) is 28.8 Å². The Kier molecular flexibility index (Phi) is 4.33. The highest BCUT2D eigenvalue weighted by Crippen LogP contribution is 2.41. The molecule has 1 amide bonds. The van der Waals surface area contributed by atoms with E-state index in [4.69, 9.17) is 16.7 Å². The largest absolute Gasteiger partial charge is 0.478 e. The molecule has 0 unspecified atom stereocenters. The van der Waals surface area contributed by atoms with E-state index in [0.29, 0.717) is 5.69 Å². The number of rotatable bonds is 4. The van der Waals surface area contributed by atoms with Crippen LogP contribution in [0.25, 0.3) is 0 Å². The van der Waals surface area contributed by atoms with Crippen molar-refractivity contribution in [3.8, 4) is 0 Å². The van der Waals surface area contributed by atoms with E-state index in [-0.39, 0.29) is 21.9 Å². The molecule has 0 aromatic heterocycles. The van der Waals surface area contributed by atoms with Gasteiger partial charge in [-0.15, -0.1) is 0 Å². The van der Waals surface area contributed by atoms with Crippen molar-refractivity contribution < 1.29 is 14.7 Å². The Bertz CT molecular complexity index is 536. The van der Waals surface area contributed by atoms with E-state index in [2.05, 4.69) is 5.32 Å². The maximum absolute atomic E-state index is 12.4. The summed E-state index contributed by atoms with van der Waals surface area (Å²) < 4.78 is 0. The van der Waals surface area contributed by atoms with Crippen LogP contribution in [0, 0.1) is 5.41 Å². The second-order valence-corrected chi connectivity index (χ2v) is 5.70. The predicted molar refractivity (Wildman–Crippen MR) is 78.2 cm³/mol. The van der Waals surface area contributed by atoms with Crippen LogP contribution < -0.4 is 5.32 Å². The van der Waals surface area contributed by atoms with Crippen molar-refractivity contribution >= 4 is 29.2 Å². The number of benzene rings is 1. The van der Waals surface area contributed by atoms with Gasteiger partial charge in [-0.1, -0.05) is 31.4 Å². The maximum Gasteiger partial charge on any atom is 0.337 e. The average Bonchev–Trinajstić information content (AvgIpc) is 2.88. The maximum atomic E-state index is 12.4. The van der Waals surface area contributed by atoms with Crippen LogP contribution >= 0.6 is 11.6 Å². The monoisotopic (exact) mass is 295 g/mol. The zero-order valence-corrected chi connectivity index (χ0v) is 12.2. The lowest BCUT2D eigenvalue weighted by molar-refractivity contribution is -0.125. The van der Waals surface area contributed by atoms with Crippen LogP contribution in [0.4, 0.5) is 5.69 Å². The number of carbonyl (C=O) groups excluding carboxylic acids is 1. The fourth-order valence-electron chi connectivity index (χ4n) is 2.82. The second kappa shape index (κ2) is 5.83. The minimum atomic E-state index is -1.08. The third-order valence-electron chi connectivity index (χ3n) is 4.18. The molecule has 1 aromatic carbocycles. The quantitative estimate of drug-likeness (QED) is 0.884. The van der Waals surface area contributed by atoms with E-state index in [1.807, 2.05) is 6.92 Å². The molecule has 108 valence electrons.